The zero-order chi connectivity index (χ0) is 6.85. The molecule has 0 aromatic carbocycles. The Bertz CT molecular complexity index is 117. The fourth-order valence-electron chi connectivity index (χ4n) is 1.26. The predicted octanol–water partition coefficient (Wildman–Crippen LogP) is 3.08. The van der Waals surface area contributed by atoms with Gasteiger partial charge in [-0.05, 0) is 37.6 Å². The summed E-state index contributed by atoms with van der Waals surface area (Å²) in [5, 5.41) is 1.81. The molecule has 2 atom stereocenters. The van der Waals surface area contributed by atoms with Gasteiger partial charge in [0.25, 0.3) is 0 Å². The van der Waals surface area contributed by atoms with Crippen molar-refractivity contribution in [1.82, 2.24) is 0 Å². The fourth-order valence-corrected chi connectivity index (χ4v) is 7.93. The smallest absolute Gasteiger partial charge is 0.0245 e. The predicted molar refractivity (Wildman–Crippen MR) is 49.2 cm³/mol. The minimum atomic E-state index is 0.322. The van der Waals surface area contributed by atoms with Gasteiger partial charge in [-0.2, -0.15) is 0 Å². The topological polar surface area (TPSA) is 0 Å². The SMILES string of the molecule is CC=C1P(C)CCP1C. The van der Waals surface area contributed by atoms with Crippen LogP contribution in [0.1, 0.15) is 6.92 Å². The van der Waals surface area contributed by atoms with Gasteiger partial charge in [0, 0.05) is 0 Å². The maximum Gasteiger partial charge on any atom is -0.0245 e. The van der Waals surface area contributed by atoms with Crippen LogP contribution >= 0.6 is 15.8 Å². The number of allylic oxidation sites excluding steroid dienone is 1. The Morgan fingerprint density at radius 3 is 1.89 bits per heavy atom. The van der Waals surface area contributed by atoms with E-state index >= 15 is 0 Å². The quantitative estimate of drug-likeness (QED) is 0.477. The first-order chi connectivity index (χ1) is 4.25. The first-order valence-electron chi connectivity index (χ1n) is 3.34. The summed E-state index contributed by atoms with van der Waals surface area (Å²) in [6.07, 6.45) is 5.35. The van der Waals surface area contributed by atoms with Gasteiger partial charge in [0.15, 0.2) is 0 Å². The molecule has 52 valence electrons. The lowest BCUT2D eigenvalue weighted by Gasteiger charge is -2.07. The molecular weight excluding hydrogens is 146 g/mol. The van der Waals surface area contributed by atoms with E-state index < -0.39 is 0 Å². The molecule has 9 heavy (non-hydrogen) atoms. The van der Waals surface area contributed by atoms with Crippen LogP contribution in [-0.2, 0) is 0 Å². The first kappa shape index (κ1) is 7.70. The van der Waals surface area contributed by atoms with Crippen molar-refractivity contribution in [2.24, 2.45) is 0 Å². The van der Waals surface area contributed by atoms with E-state index in [1.54, 1.807) is 5.06 Å². The molecule has 0 nitrogen and oxygen atoms in total. The molecule has 1 fully saturated rings. The Morgan fingerprint density at radius 2 is 1.67 bits per heavy atom. The van der Waals surface area contributed by atoms with Gasteiger partial charge in [0.05, 0.1) is 0 Å². The van der Waals surface area contributed by atoms with Gasteiger partial charge in [0.1, 0.15) is 0 Å². The Morgan fingerprint density at radius 1 is 1.22 bits per heavy atom. The van der Waals surface area contributed by atoms with Crippen LogP contribution in [0.25, 0.3) is 0 Å². The summed E-state index contributed by atoms with van der Waals surface area (Å²) < 4.78 is 0. The van der Waals surface area contributed by atoms with Gasteiger partial charge >= 0.3 is 0 Å². The van der Waals surface area contributed by atoms with Crippen LogP contribution in [0.2, 0.25) is 0 Å². The van der Waals surface area contributed by atoms with Crippen LogP contribution in [0.5, 0.6) is 0 Å². The van der Waals surface area contributed by atoms with Crippen LogP contribution in [0, 0.1) is 0 Å². The van der Waals surface area contributed by atoms with Crippen molar-refractivity contribution in [3.05, 3.63) is 11.1 Å². The number of hydrogen-bond acceptors (Lipinski definition) is 0. The standard InChI is InChI=1S/C7H14P2/c1-4-7-8(2)5-6-9(7)3/h4H,5-6H2,1-3H3. The number of rotatable bonds is 0. The monoisotopic (exact) mass is 160 g/mol. The van der Waals surface area contributed by atoms with Crippen molar-refractivity contribution in [2.75, 3.05) is 25.7 Å². The molecular formula is C7H14P2. The molecule has 0 bridgehead atoms. The van der Waals surface area contributed by atoms with Crippen LogP contribution in [0.4, 0.5) is 0 Å². The van der Waals surface area contributed by atoms with E-state index in [9.17, 15) is 0 Å². The highest BCUT2D eigenvalue weighted by atomic mass is 31.2. The molecule has 1 aliphatic rings. The van der Waals surface area contributed by atoms with Gasteiger partial charge in [-0.15, -0.1) is 0 Å². The molecule has 2 unspecified atom stereocenters. The third-order valence-electron chi connectivity index (χ3n) is 1.81. The van der Waals surface area contributed by atoms with Gasteiger partial charge in [0.2, 0.25) is 0 Å². The summed E-state index contributed by atoms with van der Waals surface area (Å²) in [5.74, 6) is 0. The summed E-state index contributed by atoms with van der Waals surface area (Å²) in [7, 11) is 0.644. The highest BCUT2D eigenvalue weighted by Crippen LogP contribution is 2.65. The van der Waals surface area contributed by atoms with Crippen molar-refractivity contribution < 1.29 is 0 Å². The van der Waals surface area contributed by atoms with Crippen molar-refractivity contribution in [3.63, 3.8) is 0 Å². The average molecular weight is 160 g/mol. The zero-order valence-electron chi connectivity index (χ0n) is 6.39. The molecule has 0 saturated carbocycles. The zero-order valence-corrected chi connectivity index (χ0v) is 8.17. The Labute approximate surface area is 60.2 Å². The van der Waals surface area contributed by atoms with Crippen molar-refractivity contribution in [1.29, 1.82) is 0 Å². The maximum atomic E-state index is 2.41. The Hall–Kier alpha value is 0.600. The Kier molecular flexibility index (Phi) is 2.68. The molecule has 0 aromatic rings. The van der Waals surface area contributed by atoms with E-state index in [4.69, 9.17) is 0 Å². The van der Waals surface area contributed by atoms with Crippen molar-refractivity contribution in [2.45, 2.75) is 6.92 Å². The fraction of sp³-hybridized carbons (Fsp3) is 0.714. The molecule has 1 aliphatic heterocycles. The Balaban J connectivity index is 2.66. The summed E-state index contributed by atoms with van der Waals surface area (Å²) >= 11 is 0. The molecule has 0 amide bonds. The van der Waals surface area contributed by atoms with Gasteiger partial charge in [-0.1, -0.05) is 21.9 Å². The van der Waals surface area contributed by atoms with E-state index in [1.165, 1.54) is 12.3 Å². The van der Waals surface area contributed by atoms with Crippen molar-refractivity contribution >= 4 is 15.8 Å². The lowest BCUT2D eigenvalue weighted by atomic mass is 10.8. The molecule has 2 heteroatoms. The summed E-state index contributed by atoms with van der Waals surface area (Å²) in [4.78, 5) is 0. The highest BCUT2D eigenvalue weighted by Gasteiger charge is 2.21. The maximum absolute atomic E-state index is 2.41. The summed E-state index contributed by atoms with van der Waals surface area (Å²) in [5.41, 5.74) is 0. The molecule has 0 spiro atoms. The molecule has 0 N–H and O–H groups in total. The lowest BCUT2D eigenvalue weighted by molar-refractivity contribution is 1.53. The van der Waals surface area contributed by atoms with Gasteiger partial charge < -0.3 is 0 Å². The highest BCUT2D eigenvalue weighted by molar-refractivity contribution is 7.84. The van der Waals surface area contributed by atoms with Gasteiger partial charge in [-0.3, -0.25) is 0 Å². The van der Waals surface area contributed by atoms with Crippen LogP contribution in [0.15, 0.2) is 11.1 Å². The summed E-state index contributed by atoms with van der Waals surface area (Å²) in [6, 6.07) is 0. The van der Waals surface area contributed by atoms with Crippen molar-refractivity contribution in [3.8, 4) is 0 Å². The largest absolute Gasteiger partial charge is 0.0795 e. The molecule has 0 radical (unpaired) electrons. The third kappa shape index (κ3) is 1.54. The van der Waals surface area contributed by atoms with Crippen LogP contribution in [-0.4, -0.2) is 25.7 Å². The molecule has 1 saturated heterocycles. The second-order valence-electron chi connectivity index (χ2n) is 2.49. The molecule has 1 rings (SSSR count). The van der Waals surface area contributed by atoms with Gasteiger partial charge in [-0.25, -0.2) is 0 Å². The van der Waals surface area contributed by atoms with Crippen LogP contribution in [0.3, 0.4) is 0 Å². The van der Waals surface area contributed by atoms with E-state index in [2.05, 4.69) is 26.3 Å². The average Bonchev–Trinajstić information content (AvgIpc) is 2.12. The minimum Gasteiger partial charge on any atom is -0.0795 e. The van der Waals surface area contributed by atoms with E-state index in [-0.39, 0.29) is 0 Å². The summed E-state index contributed by atoms with van der Waals surface area (Å²) in [6.45, 7) is 7.02. The first-order valence-corrected chi connectivity index (χ1v) is 7.29. The normalized spacial score (nSPS) is 35.2. The van der Waals surface area contributed by atoms with Crippen LogP contribution < -0.4 is 0 Å². The lowest BCUT2D eigenvalue weighted by Crippen LogP contribution is -1.72. The van der Waals surface area contributed by atoms with E-state index in [1.807, 2.05) is 0 Å². The second kappa shape index (κ2) is 3.13. The minimum absolute atomic E-state index is 0.322. The second-order valence-corrected chi connectivity index (χ2v) is 7.49. The van der Waals surface area contributed by atoms with E-state index in [0.717, 1.165) is 0 Å². The molecule has 0 aromatic heterocycles. The molecule has 1 heterocycles. The molecule has 0 aliphatic carbocycles. The number of hydrogen-bond donors (Lipinski definition) is 0. The third-order valence-corrected chi connectivity index (χ3v) is 8.08. The van der Waals surface area contributed by atoms with E-state index in [0.29, 0.717) is 15.8 Å².